The Morgan fingerprint density at radius 3 is 2.79 bits per heavy atom. The van der Waals surface area contributed by atoms with Crippen LogP contribution in [-0.2, 0) is 18.4 Å². The molecule has 3 N–H and O–H groups in total. The number of aryl methyl sites for hydroxylation is 2. The Morgan fingerprint density at radius 1 is 1.42 bits per heavy atom. The number of carbonyl (C=O) groups is 1. The fraction of sp³-hybridized carbons (Fsp3) is 0.417. The minimum Gasteiger partial charge on any atom is -0.353 e. The van der Waals surface area contributed by atoms with Crippen LogP contribution in [-0.4, -0.2) is 32.0 Å². The molecule has 7 heteroatoms. The number of nitrogens with one attached hydrogen (secondary N) is 1. The van der Waals surface area contributed by atoms with E-state index in [1.54, 1.807) is 35.0 Å². The van der Waals surface area contributed by atoms with Gasteiger partial charge in [-0.1, -0.05) is 0 Å². The standard InChI is InChI=1S/C12H18N6O/c1-9-5-16-18(7-9)4-3-14-12(19)11(13)10-6-15-17(2)8-10/h5-8,11H,3-4,13H2,1-2H3,(H,14,19). The molecule has 102 valence electrons. The minimum absolute atomic E-state index is 0.211. The van der Waals surface area contributed by atoms with E-state index in [0.29, 0.717) is 18.7 Å². The lowest BCUT2D eigenvalue weighted by Gasteiger charge is -2.10. The first-order valence-electron chi connectivity index (χ1n) is 6.07. The van der Waals surface area contributed by atoms with E-state index in [1.165, 1.54) is 0 Å². The Balaban J connectivity index is 1.81. The smallest absolute Gasteiger partial charge is 0.241 e. The van der Waals surface area contributed by atoms with Gasteiger partial charge in [-0.05, 0) is 12.5 Å². The third-order valence-corrected chi connectivity index (χ3v) is 2.77. The number of aromatic nitrogens is 4. The van der Waals surface area contributed by atoms with Gasteiger partial charge < -0.3 is 11.1 Å². The highest BCUT2D eigenvalue weighted by atomic mass is 16.2. The van der Waals surface area contributed by atoms with E-state index in [4.69, 9.17) is 5.73 Å². The van der Waals surface area contributed by atoms with Gasteiger partial charge in [0.05, 0.1) is 18.9 Å². The van der Waals surface area contributed by atoms with Crippen LogP contribution >= 0.6 is 0 Å². The molecule has 19 heavy (non-hydrogen) atoms. The zero-order valence-electron chi connectivity index (χ0n) is 11.1. The van der Waals surface area contributed by atoms with Gasteiger partial charge in [-0.3, -0.25) is 14.2 Å². The Labute approximate surface area is 111 Å². The van der Waals surface area contributed by atoms with E-state index in [-0.39, 0.29) is 5.91 Å². The summed E-state index contributed by atoms with van der Waals surface area (Å²) in [5.74, 6) is -0.211. The summed E-state index contributed by atoms with van der Waals surface area (Å²) in [4.78, 5) is 11.8. The monoisotopic (exact) mass is 262 g/mol. The van der Waals surface area contributed by atoms with Crippen molar-refractivity contribution in [1.82, 2.24) is 24.9 Å². The lowest BCUT2D eigenvalue weighted by molar-refractivity contribution is -0.122. The number of amides is 1. The van der Waals surface area contributed by atoms with Crippen LogP contribution in [0.15, 0.2) is 24.8 Å². The van der Waals surface area contributed by atoms with Crippen LogP contribution in [0.3, 0.4) is 0 Å². The first kappa shape index (κ1) is 13.3. The molecule has 0 saturated carbocycles. The molecule has 2 rings (SSSR count). The number of rotatable bonds is 5. The number of hydrogen-bond acceptors (Lipinski definition) is 4. The number of nitrogens with two attached hydrogens (primary N) is 1. The number of nitrogens with zero attached hydrogens (tertiary/aromatic N) is 4. The summed E-state index contributed by atoms with van der Waals surface area (Å²) in [6, 6.07) is -0.687. The quantitative estimate of drug-likeness (QED) is 0.776. The van der Waals surface area contributed by atoms with Crippen molar-refractivity contribution in [3.8, 4) is 0 Å². The van der Waals surface area contributed by atoms with Gasteiger partial charge in [0.2, 0.25) is 5.91 Å². The molecule has 0 saturated heterocycles. The van der Waals surface area contributed by atoms with Crippen LogP contribution in [0.25, 0.3) is 0 Å². The molecule has 0 bridgehead atoms. The third kappa shape index (κ3) is 3.41. The maximum absolute atomic E-state index is 11.8. The second-order valence-corrected chi connectivity index (χ2v) is 4.50. The highest BCUT2D eigenvalue weighted by Crippen LogP contribution is 2.07. The SMILES string of the molecule is Cc1cnn(CCNC(=O)C(N)c2cnn(C)c2)c1. The molecule has 2 aromatic rings. The first-order chi connectivity index (χ1) is 9.06. The Morgan fingerprint density at radius 2 is 2.21 bits per heavy atom. The molecule has 0 aromatic carbocycles. The van der Waals surface area contributed by atoms with Gasteiger partial charge in [0.15, 0.2) is 0 Å². The zero-order valence-corrected chi connectivity index (χ0v) is 11.1. The van der Waals surface area contributed by atoms with Crippen LogP contribution in [0.4, 0.5) is 0 Å². The summed E-state index contributed by atoms with van der Waals surface area (Å²) in [7, 11) is 1.79. The van der Waals surface area contributed by atoms with Gasteiger partial charge >= 0.3 is 0 Å². The largest absolute Gasteiger partial charge is 0.353 e. The van der Waals surface area contributed by atoms with Crippen LogP contribution in [0.1, 0.15) is 17.2 Å². The van der Waals surface area contributed by atoms with Crippen molar-refractivity contribution in [3.63, 3.8) is 0 Å². The van der Waals surface area contributed by atoms with Gasteiger partial charge in [0.1, 0.15) is 6.04 Å². The molecule has 0 aliphatic rings. The highest BCUT2D eigenvalue weighted by Gasteiger charge is 2.16. The summed E-state index contributed by atoms with van der Waals surface area (Å²) < 4.78 is 3.40. The molecule has 0 spiro atoms. The molecule has 1 amide bonds. The number of hydrogen-bond donors (Lipinski definition) is 2. The molecule has 1 atom stereocenters. The fourth-order valence-corrected chi connectivity index (χ4v) is 1.74. The lowest BCUT2D eigenvalue weighted by Crippen LogP contribution is -2.35. The second-order valence-electron chi connectivity index (χ2n) is 4.50. The summed E-state index contributed by atoms with van der Waals surface area (Å²) in [6.45, 7) is 3.09. The Hall–Kier alpha value is -2.15. The first-order valence-corrected chi connectivity index (χ1v) is 6.07. The van der Waals surface area contributed by atoms with E-state index in [1.807, 2.05) is 13.1 Å². The maximum atomic E-state index is 11.8. The molecule has 0 aliphatic carbocycles. The van der Waals surface area contributed by atoms with Crippen molar-refractivity contribution >= 4 is 5.91 Å². The van der Waals surface area contributed by atoms with E-state index in [2.05, 4.69) is 15.5 Å². The average Bonchev–Trinajstić information content (AvgIpc) is 2.97. The van der Waals surface area contributed by atoms with Gasteiger partial charge in [0.25, 0.3) is 0 Å². The highest BCUT2D eigenvalue weighted by molar-refractivity contribution is 5.82. The summed E-state index contributed by atoms with van der Waals surface area (Å²) in [5.41, 5.74) is 7.65. The summed E-state index contributed by atoms with van der Waals surface area (Å²) >= 11 is 0. The van der Waals surface area contributed by atoms with Crippen molar-refractivity contribution in [1.29, 1.82) is 0 Å². The fourth-order valence-electron chi connectivity index (χ4n) is 1.74. The maximum Gasteiger partial charge on any atom is 0.241 e. The van der Waals surface area contributed by atoms with Gasteiger partial charge in [0, 0.05) is 31.5 Å². The van der Waals surface area contributed by atoms with Gasteiger partial charge in [-0.15, -0.1) is 0 Å². The number of carbonyl (C=O) groups excluding carboxylic acids is 1. The summed E-state index contributed by atoms with van der Waals surface area (Å²) in [5, 5.41) is 10.9. The molecule has 0 fully saturated rings. The zero-order chi connectivity index (χ0) is 13.8. The predicted octanol–water partition coefficient (Wildman–Crippen LogP) is -0.259. The van der Waals surface area contributed by atoms with Crippen LogP contribution < -0.4 is 11.1 Å². The molecule has 0 radical (unpaired) electrons. The molecular formula is C12H18N6O. The van der Waals surface area contributed by atoms with Crippen molar-refractivity contribution in [2.75, 3.05) is 6.54 Å². The van der Waals surface area contributed by atoms with E-state index in [9.17, 15) is 4.79 Å². The van der Waals surface area contributed by atoms with Crippen molar-refractivity contribution in [2.24, 2.45) is 12.8 Å². The molecule has 0 aliphatic heterocycles. The normalized spacial score (nSPS) is 12.4. The molecule has 2 heterocycles. The molecule has 1 unspecified atom stereocenters. The topological polar surface area (TPSA) is 90.8 Å². The predicted molar refractivity (Wildman–Crippen MR) is 70.1 cm³/mol. The van der Waals surface area contributed by atoms with E-state index >= 15 is 0 Å². The third-order valence-electron chi connectivity index (χ3n) is 2.77. The van der Waals surface area contributed by atoms with E-state index in [0.717, 1.165) is 5.56 Å². The van der Waals surface area contributed by atoms with Crippen LogP contribution in [0.2, 0.25) is 0 Å². The van der Waals surface area contributed by atoms with Crippen LogP contribution in [0.5, 0.6) is 0 Å². The lowest BCUT2D eigenvalue weighted by atomic mass is 10.1. The van der Waals surface area contributed by atoms with Crippen LogP contribution in [0, 0.1) is 6.92 Å². The average molecular weight is 262 g/mol. The summed E-state index contributed by atoms with van der Waals surface area (Å²) in [6.07, 6.45) is 7.04. The van der Waals surface area contributed by atoms with Gasteiger partial charge in [-0.2, -0.15) is 10.2 Å². The Kier molecular flexibility index (Phi) is 3.96. The van der Waals surface area contributed by atoms with Crippen molar-refractivity contribution in [3.05, 3.63) is 35.9 Å². The molecule has 7 nitrogen and oxygen atoms in total. The Bertz CT molecular complexity index is 558. The molecular weight excluding hydrogens is 244 g/mol. The van der Waals surface area contributed by atoms with E-state index < -0.39 is 6.04 Å². The minimum atomic E-state index is -0.687. The van der Waals surface area contributed by atoms with Crippen molar-refractivity contribution < 1.29 is 4.79 Å². The second kappa shape index (κ2) is 5.66. The van der Waals surface area contributed by atoms with Gasteiger partial charge in [-0.25, -0.2) is 0 Å². The van der Waals surface area contributed by atoms with Crippen molar-refractivity contribution in [2.45, 2.75) is 19.5 Å². The molecule has 2 aromatic heterocycles.